The molecule has 2 atom stereocenters. The molecular weight excluding hydrogens is 326 g/mol. The van der Waals surface area contributed by atoms with E-state index in [2.05, 4.69) is 12.2 Å². The second-order valence-electron chi connectivity index (χ2n) is 6.94. The van der Waals surface area contributed by atoms with E-state index in [1.54, 1.807) is 0 Å². The van der Waals surface area contributed by atoms with E-state index in [1.165, 1.54) is 0 Å². The molecule has 0 spiro atoms. The van der Waals surface area contributed by atoms with E-state index < -0.39 is 0 Å². The average Bonchev–Trinajstić information content (AvgIpc) is 3.29. The Bertz CT molecular complexity index is 824. The standard InChI is InChI=1S/C22H25NO3/c1-3-17(14-11-12-23-13-14)26-19-10-6-8-16-21(19)20-15(22(16)24)7-5-9-18(20)25-4-2/h5-10,14,17,23H,3-4,11-13H2,1-2H3. The van der Waals surface area contributed by atoms with Crippen molar-refractivity contribution in [2.45, 2.75) is 32.8 Å². The molecular formula is C22H25NO3. The molecule has 4 heteroatoms. The lowest BCUT2D eigenvalue weighted by Gasteiger charge is -2.24. The molecule has 0 amide bonds. The highest BCUT2D eigenvalue weighted by Gasteiger charge is 2.34. The quantitative estimate of drug-likeness (QED) is 0.727. The van der Waals surface area contributed by atoms with Crippen LogP contribution in [0, 0.1) is 5.92 Å². The number of fused-ring (bicyclic) bond motifs is 3. The van der Waals surface area contributed by atoms with Gasteiger partial charge in [0.05, 0.1) is 6.61 Å². The molecule has 0 radical (unpaired) electrons. The minimum atomic E-state index is 0.0533. The van der Waals surface area contributed by atoms with Crippen LogP contribution in [0.2, 0.25) is 0 Å². The van der Waals surface area contributed by atoms with E-state index in [4.69, 9.17) is 9.47 Å². The molecule has 4 nitrogen and oxygen atoms in total. The molecule has 1 N–H and O–H groups in total. The third-order valence-electron chi connectivity index (χ3n) is 5.40. The zero-order valence-electron chi connectivity index (χ0n) is 15.4. The lowest BCUT2D eigenvalue weighted by atomic mass is 9.98. The Balaban J connectivity index is 1.78. The summed E-state index contributed by atoms with van der Waals surface area (Å²) >= 11 is 0. The van der Waals surface area contributed by atoms with Gasteiger partial charge in [-0.2, -0.15) is 0 Å². The third kappa shape index (κ3) is 2.78. The van der Waals surface area contributed by atoms with Crippen LogP contribution in [0.5, 0.6) is 11.5 Å². The fourth-order valence-corrected chi connectivity index (χ4v) is 4.15. The predicted molar refractivity (Wildman–Crippen MR) is 102 cm³/mol. The van der Waals surface area contributed by atoms with Gasteiger partial charge in [0.15, 0.2) is 5.78 Å². The highest BCUT2D eigenvalue weighted by atomic mass is 16.5. The van der Waals surface area contributed by atoms with Crippen LogP contribution in [-0.4, -0.2) is 31.6 Å². The molecule has 0 aromatic heterocycles. The number of carbonyl (C=O) groups is 1. The van der Waals surface area contributed by atoms with E-state index in [-0.39, 0.29) is 11.9 Å². The first-order valence-electron chi connectivity index (χ1n) is 9.55. The molecule has 2 aliphatic rings. The van der Waals surface area contributed by atoms with Crippen molar-refractivity contribution in [1.82, 2.24) is 5.32 Å². The van der Waals surface area contributed by atoms with Crippen molar-refractivity contribution in [2.75, 3.05) is 19.7 Å². The Morgan fingerprint density at radius 3 is 2.38 bits per heavy atom. The van der Waals surface area contributed by atoms with Crippen molar-refractivity contribution < 1.29 is 14.3 Å². The van der Waals surface area contributed by atoms with Gasteiger partial charge < -0.3 is 14.8 Å². The van der Waals surface area contributed by atoms with Gasteiger partial charge in [-0.15, -0.1) is 0 Å². The highest BCUT2D eigenvalue weighted by molar-refractivity contribution is 6.23. The first-order chi connectivity index (χ1) is 12.7. The molecule has 0 saturated carbocycles. The number of rotatable bonds is 6. The molecule has 1 aliphatic carbocycles. The normalized spacial score (nSPS) is 19.2. The summed E-state index contributed by atoms with van der Waals surface area (Å²) in [5, 5.41) is 3.42. The van der Waals surface area contributed by atoms with E-state index in [0.29, 0.717) is 23.7 Å². The third-order valence-corrected chi connectivity index (χ3v) is 5.40. The summed E-state index contributed by atoms with van der Waals surface area (Å²) in [5.41, 5.74) is 3.19. The maximum Gasteiger partial charge on any atom is 0.194 e. The minimum Gasteiger partial charge on any atom is -0.493 e. The maximum absolute atomic E-state index is 12.9. The highest BCUT2D eigenvalue weighted by Crippen LogP contribution is 2.47. The molecule has 0 bridgehead atoms. The number of hydrogen-bond donors (Lipinski definition) is 1. The van der Waals surface area contributed by atoms with Crippen molar-refractivity contribution in [3.05, 3.63) is 47.5 Å². The molecule has 2 aromatic rings. The average molecular weight is 351 g/mol. The molecule has 26 heavy (non-hydrogen) atoms. The lowest BCUT2D eigenvalue weighted by Crippen LogP contribution is -2.28. The summed E-state index contributed by atoms with van der Waals surface area (Å²) in [6, 6.07) is 11.5. The van der Waals surface area contributed by atoms with Crippen molar-refractivity contribution in [2.24, 2.45) is 5.92 Å². The molecule has 136 valence electrons. The van der Waals surface area contributed by atoms with Gasteiger partial charge >= 0.3 is 0 Å². The second kappa shape index (κ2) is 7.12. The van der Waals surface area contributed by atoms with Crippen molar-refractivity contribution in [3.8, 4) is 22.6 Å². The Hall–Kier alpha value is -2.33. The molecule has 4 rings (SSSR count). The summed E-state index contributed by atoms with van der Waals surface area (Å²) in [7, 11) is 0. The van der Waals surface area contributed by atoms with Gasteiger partial charge in [-0.3, -0.25) is 4.79 Å². The van der Waals surface area contributed by atoms with Crippen LogP contribution in [-0.2, 0) is 0 Å². The number of ketones is 1. The first kappa shape index (κ1) is 17.1. The number of nitrogens with one attached hydrogen (secondary N) is 1. The molecule has 1 heterocycles. The lowest BCUT2D eigenvalue weighted by molar-refractivity contribution is 0.104. The van der Waals surface area contributed by atoms with Gasteiger partial charge in [-0.25, -0.2) is 0 Å². The zero-order chi connectivity index (χ0) is 18.1. The fraction of sp³-hybridized carbons (Fsp3) is 0.409. The van der Waals surface area contributed by atoms with Crippen LogP contribution < -0.4 is 14.8 Å². The van der Waals surface area contributed by atoms with Gasteiger partial charge in [0.2, 0.25) is 0 Å². The first-order valence-corrected chi connectivity index (χ1v) is 9.55. The SMILES string of the molecule is CCOc1cccc2c1-c1c(OC(CC)C3CCNC3)cccc1C2=O. The number of ether oxygens (including phenoxy) is 2. The van der Waals surface area contributed by atoms with E-state index >= 15 is 0 Å². The Morgan fingerprint density at radius 2 is 1.77 bits per heavy atom. The smallest absolute Gasteiger partial charge is 0.194 e. The molecule has 1 fully saturated rings. The Kier molecular flexibility index (Phi) is 4.68. The van der Waals surface area contributed by atoms with Gasteiger partial charge in [-0.05, 0) is 38.4 Å². The molecule has 1 saturated heterocycles. The Morgan fingerprint density at radius 1 is 1.08 bits per heavy atom. The molecule has 2 aromatic carbocycles. The van der Waals surface area contributed by atoms with E-state index in [1.807, 2.05) is 43.3 Å². The van der Waals surface area contributed by atoms with Crippen LogP contribution in [0.15, 0.2) is 36.4 Å². The van der Waals surface area contributed by atoms with Crippen molar-refractivity contribution >= 4 is 5.78 Å². The molecule has 1 aliphatic heterocycles. The van der Waals surface area contributed by atoms with Gasteiger partial charge in [0, 0.05) is 34.7 Å². The zero-order valence-corrected chi connectivity index (χ0v) is 15.4. The summed E-state index contributed by atoms with van der Waals surface area (Å²) in [6.45, 7) is 6.73. The van der Waals surface area contributed by atoms with E-state index in [9.17, 15) is 4.79 Å². The van der Waals surface area contributed by atoms with Crippen LogP contribution in [0.1, 0.15) is 42.6 Å². The number of carbonyl (C=O) groups excluding carboxylic acids is 1. The van der Waals surface area contributed by atoms with E-state index in [0.717, 1.165) is 48.6 Å². The van der Waals surface area contributed by atoms with Crippen LogP contribution in [0.25, 0.3) is 11.1 Å². The number of hydrogen-bond acceptors (Lipinski definition) is 4. The second-order valence-corrected chi connectivity index (χ2v) is 6.94. The number of benzene rings is 2. The molecule has 2 unspecified atom stereocenters. The topological polar surface area (TPSA) is 47.6 Å². The monoisotopic (exact) mass is 351 g/mol. The van der Waals surface area contributed by atoms with Crippen LogP contribution >= 0.6 is 0 Å². The largest absolute Gasteiger partial charge is 0.493 e. The summed E-state index contributed by atoms with van der Waals surface area (Å²) in [5.74, 6) is 2.11. The summed E-state index contributed by atoms with van der Waals surface area (Å²) in [4.78, 5) is 12.9. The minimum absolute atomic E-state index is 0.0533. The van der Waals surface area contributed by atoms with Crippen LogP contribution in [0.3, 0.4) is 0 Å². The Labute approximate surface area is 154 Å². The van der Waals surface area contributed by atoms with Crippen molar-refractivity contribution in [1.29, 1.82) is 0 Å². The van der Waals surface area contributed by atoms with Gasteiger partial charge in [-0.1, -0.05) is 31.2 Å². The summed E-state index contributed by atoms with van der Waals surface area (Å²) < 4.78 is 12.3. The van der Waals surface area contributed by atoms with Gasteiger partial charge in [0.25, 0.3) is 0 Å². The fourth-order valence-electron chi connectivity index (χ4n) is 4.15. The summed E-state index contributed by atoms with van der Waals surface area (Å²) in [6.07, 6.45) is 2.23. The van der Waals surface area contributed by atoms with Gasteiger partial charge in [0.1, 0.15) is 17.6 Å². The maximum atomic E-state index is 12.9. The van der Waals surface area contributed by atoms with Crippen LogP contribution in [0.4, 0.5) is 0 Å². The van der Waals surface area contributed by atoms with Crippen molar-refractivity contribution in [3.63, 3.8) is 0 Å². The predicted octanol–water partition coefficient (Wildman–Crippen LogP) is 4.06.